The van der Waals surface area contributed by atoms with Gasteiger partial charge in [0.1, 0.15) is 11.8 Å². The summed E-state index contributed by atoms with van der Waals surface area (Å²) < 4.78 is 5.87. The first-order valence-electron chi connectivity index (χ1n) is 12.7. The molecule has 0 aromatic heterocycles. The third kappa shape index (κ3) is 7.98. The van der Waals surface area contributed by atoms with Crippen LogP contribution in [0, 0.1) is 12.8 Å². The molecule has 2 amide bonds. The molecule has 3 aromatic rings. The Bertz CT molecular complexity index is 1110. The zero-order valence-corrected chi connectivity index (χ0v) is 21.9. The highest BCUT2D eigenvalue weighted by atomic mass is 16.5. The van der Waals surface area contributed by atoms with E-state index in [0.29, 0.717) is 31.2 Å². The third-order valence-electron chi connectivity index (χ3n) is 6.25. The number of ether oxygens (including phenoxy) is 1. The van der Waals surface area contributed by atoms with Gasteiger partial charge < -0.3 is 15.0 Å². The minimum atomic E-state index is -0.663. The largest absolute Gasteiger partial charge is 0.484 e. The van der Waals surface area contributed by atoms with Gasteiger partial charge in [0.2, 0.25) is 5.91 Å². The van der Waals surface area contributed by atoms with Crippen molar-refractivity contribution >= 4 is 11.8 Å². The maximum absolute atomic E-state index is 13.7. The summed E-state index contributed by atoms with van der Waals surface area (Å²) in [5.41, 5.74) is 4.29. The molecule has 0 aliphatic carbocycles. The van der Waals surface area contributed by atoms with Gasteiger partial charge in [-0.3, -0.25) is 9.59 Å². The molecule has 0 fully saturated rings. The molecule has 0 spiro atoms. The number of hydrogen-bond donors (Lipinski definition) is 1. The highest BCUT2D eigenvalue weighted by Gasteiger charge is 2.31. The van der Waals surface area contributed by atoms with Crippen LogP contribution in [-0.4, -0.2) is 35.9 Å². The van der Waals surface area contributed by atoms with E-state index < -0.39 is 6.04 Å². The fourth-order valence-electron chi connectivity index (χ4n) is 4.00. The van der Waals surface area contributed by atoms with Crippen molar-refractivity contribution in [2.24, 2.45) is 5.92 Å². The van der Waals surface area contributed by atoms with Crippen molar-refractivity contribution in [1.29, 1.82) is 0 Å². The lowest BCUT2D eigenvalue weighted by atomic mass is 10.0. The number of aryl methyl sites for hydroxylation is 2. The van der Waals surface area contributed by atoms with Crippen LogP contribution in [-0.2, 0) is 29.0 Å². The van der Waals surface area contributed by atoms with Crippen LogP contribution in [0.1, 0.15) is 43.0 Å². The number of amides is 2. The van der Waals surface area contributed by atoms with Crippen LogP contribution in [0.2, 0.25) is 0 Å². The summed E-state index contributed by atoms with van der Waals surface area (Å²) in [5, 5.41) is 3.05. The van der Waals surface area contributed by atoms with Gasteiger partial charge in [-0.05, 0) is 53.6 Å². The molecule has 36 heavy (non-hydrogen) atoms. The first kappa shape index (κ1) is 27.0. The van der Waals surface area contributed by atoms with E-state index in [1.807, 2.05) is 85.8 Å². The molecule has 0 unspecified atom stereocenters. The normalized spacial score (nSPS) is 11.7. The van der Waals surface area contributed by atoms with Gasteiger partial charge in [0.05, 0.1) is 0 Å². The minimum absolute atomic E-state index is 0.139. The van der Waals surface area contributed by atoms with Crippen molar-refractivity contribution in [3.05, 3.63) is 101 Å². The number of hydrogen-bond acceptors (Lipinski definition) is 3. The maximum atomic E-state index is 13.7. The van der Waals surface area contributed by atoms with Crippen LogP contribution in [0.3, 0.4) is 0 Å². The zero-order valence-electron chi connectivity index (χ0n) is 21.9. The molecule has 5 nitrogen and oxygen atoms in total. The van der Waals surface area contributed by atoms with Gasteiger partial charge in [0, 0.05) is 19.5 Å². The van der Waals surface area contributed by atoms with Crippen molar-refractivity contribution in [3.8, 4) is 5.75 Å². The standard InChI is InChI=1S/C31H38N2O3/c1-5-25-15-17-28(18-16-25)36-22-30(34)33(21-27-14-10-9-11-24(27)4)29(31(35)32-20-23(2)3)19-26-12-7-6-8-13-26/h6-18,23,29H,5,19-22H2,1-4H3,(H,32,35)/t29-/m0/s1. The molecule has 5 heteroatoms. The number of carbonyl (C=O) groups is 2. The Morgan fingerprint density at radius 2 is 1.56 bits per heavy atom. The predicted molar refractivity (Wildman–Crippen MR) is 145 cm³/mol. The van der Waals surface area contributed by atoms with Gasteiger partial charge in [-0.15, -0.1) is 0 Å². The minimum Gasteiger partial charge on any atom is -0.484 e. The van der Waals surface area contributed by atoms with E-state index >= 15 is 0 Å². The average Bonchev–Trinajstić information content (AvgIpc) is 2.89. The van der Waals surface area contributed by atoms with E-state index in [1.54, 1.807) is 4.90 Å². The van der Waals surface area contributed by atoms with Crippen molar-refractivity contribution in [1.82, 2.24) is 10.2 Å². The molecule has 0 heterocycles. The lowest BCUT2D eigenvalue weighted by Crippen LogP contribution is -2.52. The van der Waals surface area contributed by atoms with E-state index in [9.17, 15) is 9.59 Å². The Hall–Kier alpha value is -3.60. The summed E-state index contributed by atoms with van der Waals surface area (Å²) in [4.78, 5) is 28.8. The molecular weight excluding hydrogens is 448 g/mol. The summed E-state index contributed by atoms with van der Waals surface area (Å²) >= 11 is 0. The molecule has 3 rings (SSSR count). The van der Waals surface area contributed by atoms with E-state index in [-0.39, 0.29) is 18.4 Å². The number of rotatable bonds is 12. The van der Waals surface area contributed by atoms with Gasteiger partial charge in [-0.25, -0.2) is 0 Å². The zero-order chi connectivity index (χ0) is 25.9. The highest BCUT2D eigenvalue weighted by Crippen LogP contribution is 2.18. The van der Waals surface area contributed by atoms with Crippen LogP contribution in [0.15, 0.2) is 78.9 Å². The van der Waals surface area contributed by atoms with Gasteiger partial charge >= 0.3 is 0 Å². The van der Waals surface area contributed by atoms with Crippen molar-refractivity contribution in [2.75, 3.05) is 13.2 Å². The molecule has 190 valence electrons. The molecule has 0 bridgehead atoms. The Morgan fingerprint density at radius 3 is 2.19 bits per heavy atom. The summed E-state index contributed by atoms with van der Waals surface area (Å²) in [5.74, 6) is 0.571. The fraction of sp³-hybridized carbons (Fsp3) is 0.355. The van der Waals surface area contributed by atoms with E-state index in [2.05, 4.69) is 26.1 Å². The molecule has 0 saturated carbocycles. The molecule has 0 aliphatic rings. The van der Waals surface area contributed by atoms with Gasteiger partial charge in [0.25, 0.3) is 5.91 Å². The SMILES string of the molecule is CCc1ccc(OCC(=O)N(Cc2ccccc2C)[C@@H](Cc2ccccc2)C(=O)NCC(C)C)cc1. The first-order valence-corrected chi connectivity index (χ1v) is 12.7. The second-order valence-corrected chi connectivity index (χ2v) is 9.58. The van der Waals surface area contributed by atoms with Crippen LogP contribution in [0.5, 0.6) is 5.75 Å². The third-order valence-corrected chi connectivity index (χ3v) is 6.25. The monoisotopic (exact) mass is 486 g/mol. The van der Waals surface area contributed by atoms with Crippen molar-refractivity contribution in [2.45, 2.75) is 53.1 Å². The predicted octanol–water partition coefficient (Wildman–Crippen LogP) is 5.35. The smallest absolute Gasteiger partial charge is 0.261 e. The van der Waals surface area contributed by atoms with Gasteiger partial charge in [0.15, 0.2) is 6.61 Å². The van der Waals surface area contributed by atoms with Crippen LogP contribution in [0.25, 0.3) is 0 Å². The molecule has 3 aromatic carbocycles. The molecule has 0 saturated heterocycles. The lowest BCUT2D eigenvalue weighted by molar-refractivity contribution is -0.142. The molecule has 1 atom stereocenters. The van der Waals surface area contributed by atoms with Crippen molar-refractivity contribution in [3.63, 3.8) is 0 Å². The van der Waals surface area contributed by atoms with E-state index in [4.69, 9.17) is 4.74 Å². The topological polar surface area (TPSA) is 58.6 Å². The molecule has 1 N–H and O–H groups in total. The maximum Gasteiger partial charge on any atom is 0.261 e. The van der Waals surface area contributed by atoms with Crippen molar-refractivity contribution < 1.29 is 14.3 Å². The summed E-state index contributed by atoms with van der Waals surface area (Å²) in [7, 11) is 0. The summed E-state index contributed by atoms with van der Waals surface area (Å²) in [6, 6.07) is 24.9. The van der Waals surface area contributed by atoms with Crippen LogP contribution in [0.4, 0.5) is 0 Å². The quantitative estimate of drug-likeness (QED) is 0.376. The number of nitrogens with one attached hydrogen (secondary N) is 1. The van der Waals surface area contributed by atoms with E-state index in [1.165, 1.54) is 5.56 Å². The van der Waals surface area contributed by atoms with Gasteiger partial charge in [-0.2, -0.15) is 0 Å². The first-order chi connectivity index (χ1) is 17.4. The highest BCUT2D eigenvalue weighted by molar-refractivity contribution is 5.88. The molecule has 0 aliphatic heterocycles. The van der Waals surface area contributed by atoms with Crippen LogP contribution >= 0.6 is 0 Å². The second-order valence-electron chi connectivity index (χ2n) is 9.58. The fourth-order valence-corrected chi connectivity index (χ4v) is 4.00. The second kappa shape index (κ2) is 13.5. The Morgan fingerprint density at radius 1 is 0.889 bits per heavy atom. The Kier molecular flexibility index (Phi) is 10.1. The lowest BCUT2D eigenvalue weighted by Gasteiger charge is -2.32. The number of carbonyl (C=O) groups excluding carboxylic acids is 2. The Balaban J connectivity index is 1.89. The Labute approximate surface area is 215 Å². The van der Waals surface area contributed by atoms with Gasteiger partial charge in [-0.1, -0.05) is 87.5 Å². The number of benzene rings is 3. The van der Waals surface area contributed by atoms with E-state index in [0.717, 1.165) is 23.1 Å². The van der Waals surface area contributed by atoms with Crippen LogP contribution < -0.4 is 10.1 Å². The molecular formula is C31H38N2O3. The summed E-state index contributed by atoms with van der Waals surface area (Å²) in [6.07, 6.45) is 1.36. The average molecular weight is 487 g/mol. The summed E-state index contributed by atoms with van der Waals surface area (Å²) in [6.45, 7) is 8.97. The number of nitrogens with zero attached hydrogens (tertiary/aromatic N) is 1. The molecule has 0 radical (unpaired) electrons.